The number of carbonyl (C=O) groups is 1. The van der Waals surface area contributed by atoms with E-state index >= 15 is 0 Å². The molecular weight excluding hydrogens is 304 g/mol. The van der Waals surface area contributed by atoms with Crippen molar-refractivity contribution < 1.29 is 19.4 Å². The lowest BCUT2D eigenvalue weighted by Gasteiger charge is -2.44. The molecule has 0 aromatic carbocycles. The minimum Gasteiger partial charge on any atom is -0.392 e. The van der Waals surface area contributed by atoms with Gasteiger partial charge in [-0.1, -0.05) is 33.8 Å². The van der Waals surface area contributed by atoms with Crippen molar-refractivity contribution in [1.29, 1.82) is 0 Å². The minimum atomic E-state index is -0.666. The second kappa shape index (κ2) is 8.59. The molecule has 0 aliphatic carbocycles. The Morgan fingerprint density at radius 3 is 2.58 bits per heavy atom. The Balaban J connectivity index is 2.73. The number of Topliss-reactive ketones (excluding diaryl/α,β-unsaturated/α-hetero) is 1. The van der Waals surface area contributed by atoms with Gasteiger partial charge in [0.1, 0.15) is 5.78 Å². The third-order valence-electron chi connectivity index (χ3n) is 5.27. The van der Waals surface area contributed by atoms with Gasteiger partial charge in [0.05, 0.1) is 24.2 Å². The van der Waals surface area contributed by atoms with E-state index in [9.17, 15) is 9.90 Å². The number of allylic oxidation sites excluding steroid dienone is 1. The van der Waals surface area contributed by atoms with Crippen LogP contribution in [0.2, 0.25) is 0 Å². The molecule has 24 heavy (non-hydrogen) atoms. The number of hydrogen-bond donors (Lipinski definition) is 1. The van der Waals surface area contributed by atoms with E-state index in [1.807, 2.05) is 47.6 Å². The van der Waals surface area contributed by atoms with Crippen molar-refractivity contribution in [3.63, 3.8) is 0 Å². The first kappa shape index (κ1) is 21.3. The summed E-state index contributed by atoms with van der Waals surface area (Å²) in [5.74, 6) is -0.923. The highest BCUT2D eigenvalue weighted by molar-refractivity contribution is 5.87. The molecule has 0 saturated carbocycles. The summed E-state index contributed by atoms with van der Waals surface area (Å²) in [5, 5.41) is 10.6. The van der Waals surface area contributed by atoms with Crippen LogP contribution in [0.1, 0.15) is 67.2 Å². The molecule has 1 rings (SSSR count). The highest BCUT2D eigenvalue weighted by atomic mass is 16.7. The molecule has 140 valence electrons. The highest BCUT2D eigenvalue weighted by Crippen LogP contribution is 2.37. The Morgan fingerprint density at radius 2 is 2.04 bits per heavy atom. The Hall–Kier alpha value is -0.710. The van der Waals surface area contributed by atoms with Crippen molar-refractivity contribution in [2.24, 2.45) is 17.3 Å². The zero-order valence-corrected chi connectivity index (χ0v) is 16.3. The zero-order valence-electron chi connectivity index (χ0n) is 16.3. The van der Waals surface area contributed by atoms with E-state index in [4.69, 9.17) is 9.47 Å². The molecule has 4 nitrogen and oxygen atoms in total. The predicted octanol–water partition coefficient (Wildman–Crippen LogP) is 4.11. The van der Waals surface area contributed by atoms with Crippen LogP contribution in [0, 0.1) is 17.3 Å². The standard InChI is InChI=1S/C20H36O4/c1-8-9-10-11-14(2)17(21)15(3)18(22)19(4,5)16-12-13-23-20(6,7)24-16/h8,14-17,21H,1,9-13H2,2-7H3/t14-,15+,16-,17-/m0/s1. The number of ether oxygens (including phenoxy) is 2. The predicted molar refractivity (Wildman–Crippen MR) is 96.7 cm³/mol. The number of carbonyl (C=O) groups excluding carboxylic acids is 1. The van der Waals surface area contributed by atoms with Gasteiger partial charge in [0.15, 0.2) is 5.79 Å². The van der Waals surface area contributed by atoms with Gasteiger partial charge in [0, 0.05) is 5.92 Å². The largest absolute Gasteiger partial charge is 0.392 e. The van der Waals surface area contributed by atoms with Crippen molar-refractivity contribution in [1.82, 2.24) is 0 Å². The average molecular weight is 341 g/mol. The molecule has 1 aliphatic heterocycles. The molecule has 1 aliphatic rings. The maximum Gasteiger partial charge on any atom is 0.163 e. The number of ketones is 1. The fourth-order valence-corrected chi connectivity index (χ4v) is 3.50. The van der Waals surface area contributed by atoms with E-state index in [0.717, 1.165) is 19.3 Å². The molecule has 0 radical (unpaired) electrons. The van der Waals surface area contributed by atoms with Crippen molar-refractivity contribution in [3.05, 3.63) is 12.7 Å². The topological polar surface area (TPSA) is 55.8 Å². The zero-order chi connectivity index (χ0) is 18.5. The van der Waals surface area contributed by atoms with E-state index in [2.05, 4.69) is 6.58 Å². The fourth-order valence-electron chi connectivity index (χ4n) is 3.50. The van der Waals surface area contributed by atoms with Crippen LogP contribution in [0.4, 0.5) is 0 Å². The third kappa shape index (κ3) is 5.40. The van der Waals surface area contributed by atoms with Crippen LogP contribution in [-0.4, -0.2) is 35.5 Å². The van der Waals surface area contributed by atoms with E-state index in [1.165, 1.54) is 0 Å². The van der Waals surface area contributed by atoms with Gasteiger partial charge in [0.25, 0.3) is 0 Å². The van der Waals surface area contributed by atoms with Crippen LogP contribution in [0.15, 0.2) is 12.7 Å². The van der Waals surface area contributed by atoms with E-state index in [0.29, 0.717) is 13.0 Å². The summed E-state index contributed by atoms with van der Waals surface area (Å²) < 4.78 is 11.6. The number of hydrogen-bond acceptors (Lipinski definition) is 4. The SMILES string of the molecule is C=CCCC[C@H](C)[C@H](O)[C@@H](C)C(=O)C(C)(C)[C@@H]1CCOC(C)(C)O1. The van der Waals surface area contributed by atoms with Gasteiger partial charge in [-0.05, 0) is 45.4 Å². The van der Waals surface area contributed by atoms with Gasteiger partial charge in [0.2, 0.25) is 0 Å². The smallest absolute Gasteiger partial charge is 0.163 e. The second-order valence-corrected chi connectivity index (χ2v) is 8.21. The second-order valence-electron chi connectivity index (χ2n) is 8.21. The molecule has 0 bridgehead atoms. The highest BCUT2D eigenvalue weighted by Gasteiger charge is 2.45. The van der Waals surface area contributed by atoms with Crippen molar-refractivity contribution in [2.45, 2.75) is 85.2 Å². The molecule has 1 N–H and O–H groups in total. The van der Waals surface area contributed by atoms with Gasteiger partial charge >= 0.3 is 0 Å². The quantitative estimate of drug-likeness (QED) is 0.507. The molecule has 4 heteroatoms. The molecule has 1 fully saturated rings. The van der Waals surface area contributed by atoms with Gasteiger partial charge in [-0.15, -0.1) is 6.58 Å². The molecule has 0 aromatic heterocycles. The first-order valence-electron chi connectivity index (χ1n) is 9.18. The molecule has 4 atom stereocenters. The Bertz CT molecular complexity index is 427. The lowest BCUT2D eigenvalue weighted by Crippen LogP contribution is -2.51. The van der Waals surface area contributed by atoms with Crippen molar-refractivity contribution >= 4 is 5.78 Å². The summed E-state index contributed by atoms with van der Waals surface area (Å²) in [6.45, 7) is 15.8. The summed E-state index contributed by atoms with van der Waals surface area (Å²) in [6.07, 6.45) is 4.58. The first-order valence-corrected chi connectivity index (χ1v) is 9.18. The maximum atomic E-state index is 13.1. The minimum absolute atomic E-state index is 0.0632. The van der Waals surface area contributed by atoms with Gasteiger partial charge in [-0.25, -0.2) is 0 Å². The Labute approximate surface area is 147 Å². The summed E-state index contributed by atoms with van der Waals surface area (Å²) in [4.78, 5) is 13.1. The van der Waals surface area contributed by atoms with Crippen molar-refractivity contribution in [3.8, 4) is 0 Å². The van der Waals surface area contributed by atoms with E-state index in [1.54, 1.807) is 0 Å². The molecule has 0 aromatic rings. The number of rotatable bonds is 9. The Morgan fingerprint density at radius 1 is 1.42 bits per heavy atom. The summed E-state index contributed by atoms with van der Waals surface area (Å²) in [5.41, 5.74) is -0.651. The average Bonchev–Trinajstić information content (AvgIpc) is 2.51. The fraction of sp³-hybridized carbons (Fsp3) is 0.850. The molecule has 1 heterocycles. The first-order chi connectivity index (χ1) is 11.0. The summed E-state index contributed by atoms with van der Waals surface area (Å²) in [6, 6.07) is 0. The monoisotopic (exact) mass is 340 g/mol. The van der Waals surface area contributed by atoms with Crippen LogP contribution < -0.4 is 0 Å². The van der Waals surface area contributed by atoms with Crippen LogP contribution in [-0.2, 0) is 14.3 Å². The lowest BCUT2D eigenvalue weighted by molar-refractivity contribution is -0.289. The summed E-state index contributed by atoms with van der Waals surface area (Å²) >= 11 is 0. The van der Waals surface area contributed by atoms with Crippen molar-refractivity contribution in [2.75, 3.05) is 6.61 Å². The van der Waals surface area contributed by atoms with Gasteiger partial charge in [-0.3, -0.25) is 4.79 Å². The van der Waals surface area contributed by atoms with Crippen LogP contribution in [0.5, 0.6) is 0 Å². The molecule has 0 amide bonds. The van der Waals surface area contributed by atoms with E-state index < -0.39 is 23.2 Å². The van der Waals surface area contributed by atoms with E-state index in [-0.39, 0.29) is 17.8 Å². The summed E-state index contributed by atoms with van der Waals surface area (Å²) in [7, 11) is 0. The normalized spacial score (nSPS) is 24.9. The van der Waals surface area contributed by atoms with Crippen LogP contribution in [0.25, 0.3) is 0 Å². The third-order valence-corrected chi connectivity index (χ3v) is 5.27. The molecule has 0 spiro atoms. The molecule has 0 unspecified atom stereocenters. The van der Waals surface area contributed by atoms with Gasteiger partial charge < -0.3 is 14.6 Å². The Kier molecular flexibility index (Phi) is 7.64. The number of unbranched alkanes of at least 4 members (excludes halogenated alkanes) is 1. The number of aliphatic hydroxyl groups is 1. The van der Waals surface area contributed by atoms with Crippen LogP contribution in [0.3, 0.4) is 0 Å². The molecule has 1 saturated heterocycles. The van der Waals surface area contributed by atoms with Gasteiger partial charge in [-0.2, -0.15) is 0 Å². The number of aliphatic hydroxyl groups excluding tert-OH is 1. The maximum absolute atomic E-state index is 13.1. The lowest BCUT2D eigenvalue weighted by atomic mass is 9.72. The molecular formula is C20H36O4. The van der Waals surface area contributed by atoms with Crippen LogP contribution >= 0.6 is 0 Å².